The second-order valence-corrected chi connectivity index (χ2v) is 6.43. The van der Waals surface area contributed by atoms with Gasteiger partial charge in [0.1, 0.15) is 0 Å². The molecule has 0 N–H and O–H groups in total. The third kappa shape index (κ3) is 2.77. The summed E-state index contributed by atoms with van der Waals surface area (Å²) in [5, 5.41) is 0. The van der Waals surface area contributed by atoms with E-state index in [1.807, 2.05) is 18.2 Å². The number of rotatable bonds is 4. The van der Waals surface area contributed by atoms with Crippen LogP contribution >= 0.6 is 0 Å². The molecule has 4 rings (SSSR count). The molecule has 2 atom stereocenters. The third-order valence-electron chi connectivity index (χ3n) is 4.97. The second kappa shape index (κ2) is 6.17. The average molecular weight is 307 g/mol. The first-order valence-corrected chi connectivity index (χ1v) is 8.33. The molecule has 0 saturated carbocycles. The van der Waals surface area contributed by atoms with Crippen molar-refractivity contribution in [3.8, 4) is 0 Å². The smallest absolute Gasteiger partial charge is 0.223 e. The van der Waals surface area contributed by atoms with Crippen LogP contribution in [-0.2, 0) is 16.1 Å². The zero-order chi connectivity index (χ0) is 15.6. The van der Waals surface area contributed by atoms with E-state index in [0.717, 1.165) is 13.0 Å². The van der Waals surface area contributed by atoms with E-state index in [2.05, 4.69) is 41.3 Å². The van der Waals surface area contributed by atoms with Crippen LogP contribution < -0.4 is 0 Å². The number of amides is 1. The van der Waals surface area contributed by atoms with Gasteiger partial charge in [0.05, 0.1) is 19.3 Å². The van der Waals surface area contributed by atoms with Crippen molar-refractivity contribution in [2.75, 3.05) is 13.2 Å². The van der Waals surface area contributed by atoms with Gasteiger partial charge < -0.3 is 9.64 Å². The standard InChI is InChI=1S/C20H21NO2/c22-20-11-10-19-18-9-5-4-8-17(18)16(12-21(19)20)14-23-13-15-6-2-1-3-7-15/h1-9,16,19H,10-14H2/t16-,19+/m1/s1. The lowest BCUT2D eigenvalue weighted by atomic mass is 9.86. The molecule has 1 saturated heterocycles. The molecule has 0 spiro atoms. The highest BCUT2D eigenvalue weighted by atomic mass is 16.5. The maximum Gasteiger partial charge on any atom is 0.223 e. The van der Waals surface area contributed by atoms with Gasteiger partial charge in [-0.15, -0.1) is 0 Å². The molecular weight excluding hydrogens is 286 g/mol. The van der Waals surface area contributed by atoms with E-state index in [1.165, 1.54) is 16.7 Å². The van der Waals surface area contributed by atoms with Crippen molar-refractivity contribution >= 4 is 5.91 Å². The summed E-state index contributed by atoms with van der Waals surface area (Å²) in [5.41, 5.74) is 3.86. The van der Waals surface area contributed by atoms with Gasteiger partial charge in [0.25, 0.3) is 0 Å². The summed E-state index contributed by atoms with van der Waals surface area (Å²) in [6, 6.07) is 19.1. The summed E-state index contributed by atoms with van der Waals surface area (Å²) < 4.78 is 5.96. The van der Waals surface area contributed by atoms with Crippen molar-refractivity contribution in [3.63, 3.8) is 0 Å². The molecule has 2 aromatic carbocycles. The van der Waals surface area contributed by atoms with Gasteiger partial charge in [-0.25, -0.2) is 0 Å². The van der Waals surface area contributed by atoms with Crippen molar-refractivity contribution in [2.24, 2.45) is 0 Å². The summed E-state index contributed by atoms with van der Waals surface area (Å²) in [6.45, 7) is 2.06. The first kappa shape index (κ1) is 14.5. The summed E-state index contributed by atoms with van der Waals surface area (Å²) in [6.07, 6.45) is 1.63. The van der Waals surface area contributed by atoms with Crippen molar-refractivity contribution in [3.05, 3.63) is 71.3 Å². The molecule has 2 aromatic rings. The Labute approximate surface area is 136 Å². The SMILES string of the molecule is O=C1CC[C@H]2c3ccccc3[C@@H](COCc3ccccc3)CN12. The van der Waals surface area contributed by atoms with E-state index in [4.69, 9.17) is 4.74 Å². The lowest BCUT2D eigenvalue weighted by molar-refractivity contribution is -0.129. The molecule has 0 aromatic heterocycles. The van der Waals surface area contributed by atoms with E-state index in [0.29, 0.717) is 19.6 Å². The van der Waals surface area contributed by atoms with Gasteiger partial charge in [0.2, 0.25) is 5.91 Å². The summed E-state index contributed by atoms with van der Waals surface area (Å²) >= 11 is 0. The third-order valence-corrected chi connectivity index (χ3v) is 4.97. The minimum Gasteiger partial charge on any atom is -0.376 e. The number of nitrogens with zero attached hydrogens (tertiary/aromatic N) is 1. The van der Waals surface area contributed by atoms with Crippen LogP contribution in [0.3, 0.4) is 0 Å². The largest absolute Gasteiger partial charge is 0.376 e. The maximum absolute atomic E-state index is 12.1. The number of hydrogen-bond donors (Lipinski definition) is 0. The minimum atomic E-state index is 0.271. The van der Waals surface area contributed by atoms with E-state index >= 15 is 0 Å². The zero-order valence-electron chi connectivity index (χ0n) is 13.2. The fourth-order valence-corrected chi connectivity index (χ4v) is 3.84. The van der Waals surface area contributed by atoms with Gasteiger partial charge in [0, 0.05) is 18.9 Å². The molecule has 2 aliphatic rings. The summed E-state index contributed by atoms with van der Waals surface area (Å²) in [5.74, 6) is 0.561. The number of carbonyl (C=O) groups is 1. The molecule has 0 bridgehead atoms. The maximum atomic E-state index is 12.1. The molecule has 2 aliphatic heterocycles. The Hall–Kier alpha value is -2.13. The molecule has 118 valence electrons. The topological polar surface area (TPSA) is 29.5 Å². The van der Waals surface area contributed by atoms with Crippen LogP contribution in [0, 0.1) is 0 Å². The first-order valence-electron chi connectivity index (χ1n) is 8.33. The van der Waals surface area contributed by atoms with Crippen LogP contribution in [-0.4, -0.2) is 24.0 Å². The number of ether oxygens (including phenoxy) is 1. The molecular formula is C20H21NO2. The van der Waals surface area contributed by atoms with Gasteiger partial charge in [-0.1, -0.05) is 54.6 Å². The quantitative estimate of drug-likeness (QED) is 0.862. The van der Waals surface area contributed by atoms with E-state index < -0.39 is 0 Å². The average Bonchev–Trinajstić information content (AvgIpc) is 2.97. The lowest BCUT2D eigenvalue weighted by Crippen LogP contribution is -2.38. The van der Waals surface area contributed by atoms with Gasteiger partial charge in [-0.05, 0) is 23.1 Å². The van der Waals surface area contributed by atoms with Crippen molar-refractivity contribution in [2.45, 2.75) is 31.4 Å². The van der Waals surface area contributed by atoms with Crippen LogP contribution in [0.1, 0.15) is 41.5 Å². The van der Waals surface area contributed by atoms with E-state index in [1.54, 1.807) is 0 Å². The van der Waals surface area contributed by atoms with Crippen LogP contribution in [0.25, 0.3) is 0 Å². The molecule has 2 heterocycles. The van der Waals surface area contributed by atoms with Gasteiger partial charge in [0.15, 0.2) is 0 Å². The highest BCUT2D eigenvalue weighted by molar-refractivity contribution is 5.79. The number of fused-ring (bicyclic) bond motifs is 3. The molecule has 1 amide bonds. The summed E-state index contributed by atoms with van der Waals surface area (Å²) in [4.78, 5) is 14.2. The van der Waals surface area contributed by atoms with Crippen LogP contribution in [0.4, 0.5) is 0 Å². The zero-order valence-corrected chi connectivity index (χ0v) is 13.2. The molecule has 23 heavy (non-hydrogen) atoms. The monoisotopic (exact) mass is 307 g/mol. The lowest BCUT2D eigenvalue weighted by Gasteiger charge is -2.37. The Morgan fingerprint density at radius 1 is 1.00 bits per heavy atom. The Balaban J connectivity index is 1.50. The molecule has 0 unspecified atom stereocenters. The number of carbonyl (C=O) groups excluding carboxylic acids is 1. The van der Waals surface area contributed by atoms with E-state index in [-0.39, 0.29) is 17.9 Å². The van der Waals surface area contributed by atoms with Crippen LogP contribution in [0.5, 0.6) is 0 Å². The molecule has 3 heteroatoms. The highest BCUT2D eigenvalue weighted by Crippen LogP contribution is 2.42. The highest BCUT2D eigenvalue weighted by Gasteiger charge is 2.39. The predicted molar refractivity (Wildman–Crippen MR) is 89.0 cm³/mol. The predicted octanol–water partition coefficient (Wildman–Crippen LogP) is 3.66. The van der Waals surface area contributed by atoms with Crippen LogP contribution in [0.2, 0.25) is 0 Å². The van der Waals surface area contributed by atoms with Crippen molar-refractivity contribution in [1.82, 2.24) is 4.90 Å². The second-order valence-electron chi connectivity index (χ2n) is 6.43. The summed E-state index contributed by atoms with van der Waals surface area (Å²) in [7, 11) is 0. The van der Waals surface area contributed by atoms with Gasteiger partial charge in [-0.2, -0.15) is 0 Å². The molecule has 3 nitrogen and oxygen atoms in total. The number of hydrogen-bond acceptors (Lipinski definition) is 2. The molecule has 1 fully saturated rings. The fourth-order valence-electron chi connectivity index (χ4n) is 3.84. The normalized spacial score (nSPS) is 22.8. The van der Waals surface area contributed by atoms with E-state index in [9.17, 15) is 4.79 Å². The molecule has 0 radical (unpaired) electrons. The van der Waals surface area contributed by atoms with Gasteiger partial charge in [-0.3, -0.25) is 4.79 Å². The van der Waals surface area contributed by atoms with Crippen LogP contribution in [0.15, 0.2) is 54.6 Å². The van der Waals surface area contributed by atoms with Gasteiger partial charge >= 0.3 is 0 Å². The van der Waals surface area contributed by atoms with Crippen molar-refractivity contribution < 1.29 is 9.53 Å². The Kier molecular flexibility index (Phi) is 3.88. The Morgan fingerprint density at radius 3 is 2.57 bits per heavy atom. The molecule has 0 aliphatic carbocycles. The fraction of sp³-hybridized carbons (Fsp3) is 0.350. The Bertz CT molecular complexity index is 698. The number of benzene rings is 2. The first-order chi connectivity index (χ1) is 11.3. The Morgan fingerprint density at radius 2 is 1.74 bits per heavy atom. The minimum absolute atomic E-state index is 0.271. The van der Waals surface area contributed by atoms with Crippen molar-refractivity contribution in [1.29, 1.82) is 0 Å².